The van der Waals surface area contributed by atoms with Crippen LogP contribution < -0.4 is 5.32 Å². The zero-order chi connectivity index (χ0) is 12.4. The maximum Gasteiger partial charge on any atom is 0.133 e. The lowest BCUT2D eigenvalue weighted by Crippen LogP contribution is -2.50. The van der Waals surface area contributed by atoms with Crippen molar-refractivity contribution >= 4 is 0 Å². The summed E-state index contributed by atoms with van der Waals surface area (Å²) in [7, 11) is 0. The van der Waals surface area contributed by atoms with Gasteiger partial charge in [-0.05, 0) is 24.6 Å². The molecule has 1 fully saturated rings. The van der Waals surface area contributed by atoms with Crippen LogP contribution in [0.3, 0.4) is 0 Å². The molecule has 1 aliphatic heterocycles. The molecular weight excluding hydrogens is 226 g/mol. The monoisotopic (exact) mass is 243 g/mol. The Kier molecular flexibility index (Phi) is 2.94. The van der Waals surface area contributed by atoms with Gasteiger partial charge in [0.05, 0.1) is 18.4 Å². The summed E-state index contributed by atoms with van der Waals surface area (Å²) >= 11 is 0. The summed E-state index contributed by atoms with van der Waals surface area (Å²) < 4.78 is 11.3. The Morgan fingerprint density at radius 3 is 2.61 bits per heavy atom. The SMILES string of the molecule is CC1(c2ccccc2)COC(c2ccco2)CN1. The minimum absolute atomic E-state index is 0.0109. The van der Waals surface area contributed by atoms with Crippen LogP contribution in [0, 0.1) is 0 Å². The minimum Gasteiger partial charge on any atom is -0.467 e. The van der Waals surface area contributed by atoms with Gasteiger partial charge in [-0.3, -0.25) is 0 Å². The molecule has 0 bridgehead atoms. The van der Waals surface area contributed by atoms with E-state index in [9.17, 15) is 0 Å². The van der Waals surface area contributed by atoms with Crippen LogP contribution in [0.2, 0.25) is 0 Å². The third kappa shape index (κ3) is 2.07. The van der Waals surface area contributed by atoms with Crippen LogP contribution in [-0.4, -0.2) is 13.2 Å². The summed E-state index contributed by atoms with van der Waals surface area (Å²) in [6.07, 6.45) is 1.70. The third-order valence-corrected chi connectivity index (χ3v) is 3.52. The second-order valence-electron chi connectivity index (χ2n) is 4.89. The first-order valence-corrected chi connectivity index (χ1v) is 6.23. The highest BCUT2D eigenvalue weighted by atomic mass is 16.5. The molecule has 0 radical (unpaired) electrons. The summed E-state index contributed by atoms with van der Waals surface area (Å²) in [4.78, 5) is 0. The number of morpholine rings is 1. The van der Waals surface area contributed by atoms with Crippen molar-refractivity contribution in [3.8, 4) is 0 Å². The fourth-order valence-electron chi connectivity index (χ4n) is 2.34. The zero-order valence-corrected chi connectivity index (χ0v) is 10.4. The molecular formula is C15H17NO2. The van der Waals surface area contributed by atoms with Crippen molar-refractivity contribution in [1.29, 1.82) is 0 Å². The van der Waals surface area contributed by atoms with Gasteiger partial charge in [-0.1, -0.05) is 30.3 Å². The molecule has 2 unspecified atom stereocenters. The first-order valence-electron chi connectivity index (χ1n) is 6.23. The fraction of sp³-hybridized carbons (Fsp3) is 0.333. The van der Waals surface area contributed by atoms with E-state index in [0.29, 0.717) is 6.61 Å². The molecule has 94 valence electrons. The van der Waals surface area contributed by atoms with Crippen molar-refractivity contribution in [3.63, 3.8) is 0 Å². The first-order chi connectivity index (χ1) is 8.78. The average molecular weight is 243 g/mol. The summed E-state index contributed by atoms with van der Waals surface area (Å²) in [5.74, 6) is 0.887. The molecule has 0 aliphatic carbocycles. The number of benzene rings is 1. The van der Waals surface area contributed by atoms with E-state index in [0.717, 1.165) is 12.3 Å². The highest BCUT2D eigenvalue weighted by molar-refractivity contribution is 5.24. The van der Waals surface area contributed by atoms with Gasteiger partial charge >= 0.3 is 0 Å². The molecule has 0 amide bonds. The van der Waals surface area contributed by atoms with Gasteiger partial charge in [-0.25, -0.2) is 0 Å². The van der Waals surface area contributed by atoms with Gasteiger partial charge in [0.2, 0.25) is 0 Å². The highest BCUT2D eigenvalue weighted by Crippen LogP contribution is 2.29. The van der Waals surface area contributed by atoms with E-state index in [-0.39, 0.29) is 11.6 Å². The van der Waals surface area contributed by atoms with E-state index in [1.165, 1.54) is 5.56 Å². The second kappa shape index (κ2) is 4.59. The predicted octanol–water partition coefficient (Wildman–Crippen LogP) is 2.86. The molecule has 0 saturated carbocycles. The van der Waals surface area contributed by atoms with Gasteiger partial charge in [-0.2, -0.15) is 0 Å². The van der Waals surface area contributed by atoms with Crippen molar-refractivity contribution in [2.45, 2.75) is 18.6 Å². The van der Waals surface area contributed by atoms with E-state index in [4.69, 9.17) is 9.15 Å². The topological polar surface area (TPSA) is 34.4 Å². The van der Waals surface area contributed by atoms with Gasteiger partial charge in [0.15, 0.2) is 0 Å². The normalized spacial score (nSPS) is 28.2. The number of rotatable bonds is 2. The van der Waals surface area contributed by atoms with Gasteiger partial charge in [0.1, 0.15) is 11.9 Å². The van der Waals surface area contributed by atoms with Crippen LogP contribution in [0.1, 0.15) is 24.4 Å². The molecule has 18 heavy (non-hydrogen) atoms. The number of hydrogen-bond acceptors (Lipinski definition) is 3. The number of hydrogen-bond donors (Lipinski definition) is 1. The lowest BCUT2D eigenvalue weighted by molar-refractivity contribution is -0.0403. The fourth-order valence-corrected chi connectivity index (χ4v) is 2.34. The van der Waals surface area contributed by atoms with Crippen molar-refractivity contribution in [1.82, 2.24) is 5.32 Å². The molecule has 2 heterocycles. The Balaban J connectivity index is 1.73. The minimum atomic E-state index is -0.121. The Bertz CT molecular complexity index is 484. The lowest BCUT2D eigenvalue weighted by Gasteiger charge is -2.38. The largest absolute Gasteiger partial charge is 0.467 e. The van der Waals surface area contributed by atoms with Crippen LogP contribution in [-0.2, 0) is 10.3 Å². The van der Waals surface area contributed by atoms with Crippen LogP contribution in [0.5, 0.6) is 0 Å². The molecule has 1 aliphatic rings. The first kappa shape index (κ1) is 11.5. The maximum atomic E-state index is 5.94. The number of ether oxygens (including phenoxy) is 1. The van der Waals surface area contributed by atoms with E-state index >= 15 is 0 Å². The summed E-state index contributed by atoms with van der Waals surface area (Å²) in [5.41, 5.74) is 1.13. The molecule has 1 saturated heterocycles. The van der Waals surface area contributed by atoms with Crippen molar-refractivity contribution in [2.75, 3.05) is 13.2 Å². The highest BCUT2D eigenvalue weighted by Gasteiger charge is 2.34. The van der Waals surface area contributed by atoms with Gasteiger partial charge < -0.3 is 14.5 Å². The molecule has 3 heteroatoms. The van der Waals surface area contributed by atoms with Crippen molar-refractivity contribution < 1.29 is 9.15 Å². The summed E-state index contributed by atoms with van der Waals surface area (Å²) in [6.45, 7) is 3.57. The predicted molar refractivity (Wildman–Crippen MR) is 69.2 cm³/mol. The van der Waals surface area contributed by atoms with Crippen LogP contribution >= 0.6 is 0 Å². The average Bonchev–Trinajstić information content (AvgIpc) is 2.95. The van der Waals surface area contributed by atoms with Crippen molar-refractivity contribution in [2.24, 2.45) is 0 Å². The molecule has 3 rings (SSSR count). The van der Waals surface area contributed by atoms with E-state index in [2.05, 4.69) is 36.5 Å². The van der Waals surface area contributed by atoms with Crippen LogP contribution in [0.15, 0.2) is 53.1 Å². The summed E-state index contributed by atoms with van der Waals surface area (Å²) in [6, 6.07) is 14.2. The molecule has 1 aromatic heterocycles. The molecule has 0 spiro atoms. The second-order valence-corrected chi connectivity index (χ2v) is 4.89. The molecule has 3 nitrogen and oxygen atoms in total. The number of furan rings is 1. The summed E-state index contributed by atoms with van der Waals surface area (Å²) in [5, 5.41) is 3.57. The Morgan fingerprint density at radius 2 is 2.00 bits per heavy atom. The smallest absolute Gasteiger partial charge is 0.133 e. The molecule has 2 atom stereocenters. The van der Waals surface area contributed by atoms with E-state index in [1.807, 2.05) is 18.2 Å². The third-order valence-electron chi connectivity index (χ3n) is 3.52. The van der Waals surface area contributed by atoms with Gasteiger partial charge in [-0.15, -0.1) is 0 Å². The Labute approximate surface area is 107 Å². The zero-order valence-electron chi connectivity index (χ0n) is 10.4. The maximum absolute atomic E-state index is 5.94. The van der Waals surface area contributed by atoms with Crippen molar-refractivity contribution in [3.05, 3.63) is 60.1 Å². The van der Waals surface area contributed by atoms with Crippen LogP contribution in [0.25, 0.3) is 0 Å². The van der Waals surface area contributed by atoms with Crippen LogP contribution in [0.4, 0.5) is 0 Å². The Morgan fingerprint density at radius 1 is 1.17 bits per heavy atom. The van der Waals surface area contributed by atoms with E-state index < -0.39 is 0 Å². The van der Waals surface area contributed by atoms with Gasteiger partial charge in [0, 0.05) is 6.54 Å². The standard InChI is InChI=1S/C15H17NO2/c1-15(12-6-3-2-4-7-12)11-18-14(10-16-15)13-8-5-9-17-13/h2-9,14,16H,10-11H2,1H3. The quantitative estimate of drug-likeness (QED) is 0.880. The molecule has 1 aromatic carbocycles. The van der Waals surface area contributed by atoms with E-state index in [1.54, 1.807) is 6.26 Å². The lowest BCUT2D eigenvalue weighted by atomic mass is 9.91. The molecule has 2 aromatic rings. The number of nitrogens with one attached hydrogen (secondary N) is 1. The molecule has 1 N–H and O–H groups in total. The van der Waals surface area contributed by atoms with Gasteiger partial charge in [0.25, 0.3) is 0 Å². The Hall–Kier alpha value is -1.58.